The third kappa shape index (κ3) is 1.81. The fourth-order valence-electron chi connectivity index (χ4n) is 1.69. The number of carbonyl (C=O) groups is 1. The number of rotatable bonds is 2. The monoisotopic (exact) mass is 254 g/mol. The van der Waals surface area contributed by atoms with Crippen molar-refractivity contribution in [2.75, 3.05) is 0 Å². The zero-order chi connectivity index (χ0) is 11.9. The Hall–Kier alpha value is -1.06. The van der Waals surface area contributed by atoms with E-state index in [9.17, 15) is 4.79 Å². The maximum Gasteiger partial charge on any atom is 0.206 e. The summed E-state index contributed by atoms with van der Waals surface area (Å²) in [6.45, 7) is 5.57. The van der Waals surface area contributed by atoms with Gasteiger partial charge in [-0.1, -0.05) is 11.6 Å². The van der Waals surface area contributed by atoms with E-state index < -0.39 is 0 Å². The number of aryl methyl sites for hydroxylation is 2. The first-order valence-corrected chi connectivity index (χ1v) is 6.06. The molecule has 0 aromatic carbocycles. The van der Waals surface area contributed by atoms with Crippen LogP contribution < -0.4 is 0 Å². The minimum absolute atomic E-state index is 0.0104. The van der Waals surface area contributed by atoms with E-state index in [1.807, 2.05) is 20.8 Å². The summed E-state index contributed by atoms with van der Waals surface area (Å²) in [5.74, 6) is 1.46. The van der Waals surface area contributed by atoms with Crippen molar-refractivity contribution in [1.82, 2.24) is 0 Å². The lowest BCUT2D eigenvalue weighted by Crippen LogP contribution is -2.01. The minimum atomic E-state index is -0.0104. The van der Waals surface area contributed by atoms with Crippen molar-refractivity contribution >= 4 is 28.7 Å². The molecule has 0 spiro atoms. The molecule has 0 fully saturated rings. The maximum atomic E-state index is 12.2. The van der Waals surface area contributed by atoms with Crippen molar-refractivity contribution < 1.29 is 9.21 Å². The summed E-state index contributed by atoms with van der Waals surface area (Å²) in [4.78, 5) is 12.9. The molecule has 2 aromatic heterocycles. The standard InChI is InChI=1S/C12H11ClO2S/c1-6-7(2)15-8(3)11(6)12(14)9-4-5-10(13)16-9/h4-5H,1-3H3. The van der Waals surface area contributed by atoms with E-state index in [2.05, 4.69) is 0 Å². The predicted octanol–water partition coefficient (Wildman–Crippen LogP) is 4.15. The highest BCUT2D eigenvalue weighted by Crippen LogP contribution is 2.28. The Morgan fingerprint density at radius 3 is 2.38 bits per heavy atom. The van der Waals surface area contributed by atoms with Crippen LogP contribution in [-0.4, -0.2) is 5.78 Å². The first-order valence-electron chi connectivity index (χ1n) is 4.87. The van der Waals surface area contributed by atoms with Crippen LogP contribution in [0.5, 0.6) is 0 Å². The molecule has 2 heterocycles. The molecular weight excluding hydrogens is 244 g/mol. The largest absolute Gasteiger partial charge is 0.466 e. The third-order valence-corrected chi connectivity index (χ3v) is 3.82. The predicted molar refractivity (Wildman–Crippen MR) is 65.7 cm³/mol. The van der Waals surface area contributed by atoms with Gasteiger partial charge in [-0.3, -0.25) is 4.79 Å². The Morgan fingerprint density at radius 2 is 1.94 bits per heavy atom. The number of hydrogen-bond donors (Lipinski definition) is 0. The zero-order valence-corrected chi connectivity index (χ0v) is 10.8. The van der Waals surface area contributed by atoms with E-state index in [1.54, 1.807) is 12.1 Å². The average molecular weight is 255 g/mol. The van der Waals surface area contributed by atoms with Gasteiger partial charge >= 0.3 is 0 Å². The van der Waals surface area contributed by atoms with Gasteiger partial charge in [0.15, 0.2) is 0 Å². The maximum absolute atomic E-state index is 12.2. The number of furan rings is 1. The van der Waals surface area contributed by atoms with Gasteiger partial charge in [0.2, 0.25) is 5.78 Å². The number of hydrogen-bond acceptors (Lipinski definition) is 3. The highest BCUT2D eigenvalue weighted by molar-refractivity contribution is 7.18. The highest BCUT2D eigenvalue weighted by Gasteiger charge is 2.20. The van der Waals surface area contributed by atoms with Gasteiger partial charge < -0.3 is 4.42 Å². The Bertz CT molecular complexity index is 551. The SMILES string of the molecule is Cc1oc(C)c(C(=O)c2ccc(Cl)s2)c1C. The topological polar surface area (TPSA) is 30.2 Å². The molecule has 0 aliphatic heterocycles. The summed E-state index contributed by atoms with van der Waals surface area (Å²) in [7, 11) is 0. The molecule has 0 unspecified atom stereocenters. The van der Waals surface area contributed by atoms with Crippen molar-refractivity contribution in [1.29, 1.82) is 0 Å². The first kappa shape index (κ1) is 11.4. The van der Waals surface area contributed by atoms with Gasteiger partial charge in [0.25, 0.3) is 0 Å². The number of halogens is 1. The summed E-state index contributed by atoms with van der Waals surface area (Å²) in [6, 6.07) is 3.48. The molecule has 2 nitrogen and oxygen atoms in total. The van der Waals surface area contributed by atoms with Crippen LogP contribution in [0, 0.1) is 20.8 Å². The molecule has 0 N–H and O–H groups in total. The van der Waals surface area contributed by atoms with Crippen LogP contribution in [0.25, 0.3) is 0 Å². The molecular formula is C12H11ClO2S. The van der Waals surface area contributed by atoms with E-state index in [1.165, 1.54) is 11.3 Å². The van der Waals surface area contributed by atoms with Crippen molar-refractivity contribution in [3.8, 4) is 0 Å². The quantitative estimate of drug-likeness (QED) is 0.754. The van der Waals surface area contributed by atoms with Crippen LogP contribution in [-0.2, 0) is 0 Å². The van der Waals surface area contributed by atoms with Gasteiger partial charge in [-0.2, -0.15) is 0 Å². The fourth-order valence-corrected chi connectivity index (χ4v) is 2.68. The van der Waals surface area contributed by atoms with Gasteiger partial charge in [0.05, 0.1) is 14.8 Å². The Kier molecular flexibility index (Phi) is 2.91. The van der Waals surface area contributed by atoms with Crippen LogP contribution >= 0.6 is 22.9 Å². The van der Waals surface area contributed by atoms with Crippen LogP contribution in [0.4, 0.5) is 0 Å². The second-order valence-corrected chi connectivity index (χ2v) is 5.36. The molecule has 0 amide bonds. The smallest absolute Gasteiger partial charge is 0.206 e. The zero-order valence-electron chi connectivity index (χ0n) is 9.26. The fraction of sp³-hybridized carbons (Fsp3) is 0.250. The van der Waals surface area contributed by atoms with Gasteiger partial charge in [-0.15, -0.1) is 11.3 Å². The molecule has 4 heteroatoms. The van der Waals surface area contributed by atoms with E-state index in [4.69, 9.17) is 16.0 Å². The lowest BCUT2D eigenvalue weighted by Gasteiger charge is -1.97. The van der Waals surface area contributed by atoms with Gasteiger partial charge in [-0.05, 0) is 32.9 Å². The van der Waals surface area contributed by atoms with Crippen molar-refractivity contribution in [3.05, 3.63) is 44.0 Å². The number of ketones is 1. The number of carbonyl (C=O) groups excluding carboxylic acids is 1. The third-order valence-electron chi connectivity index (χ3n) is 2.59. The van der Waals surface area contributed by atoms with E-state index in [0.29, 0.717) is 20.5 Å². The molecule has 0 saturated carbocycles. The molecule has 0 atom stereocenters. The molecule has 84 valence electrons. The van der Waals surface area contributed by atoms with Crippen LogP contribution in [0.1, 0.15) is 32.3 Å². The molecule has 0 saturated heterocycles. The van der Waals surface area contributed by atoms with E-state index in [0.717, 1.165) is 11.3 Å². The summed E-state index contributed by atoms with van der Waals surface area (Å²) in [6.07, 6.45) is 0. The lowest BCUT2D eigenvalue weighted by molar-refractivity contribution is 0.104. The average Bonchev–Trinajstić information content (AvgIpc) is 2.73. The summed E-state index contributed by atoms with van der Waals surface area (Å²) in [5, 5.41) is 0. The normalized spacial score (nSPS) is 10.8. The molecule has 0 bridgehead atoms. The van der Waals surface area contributed by atoms with E-state index >= 15 is 0 Å². The molecule has 16 heavy (non-hydrogen) atoms. The van der Waals surface area contributed by atoms with Crippen molar-refractivity contribution in [2.24, 2.45) is 0 Å². The van der Waals surface area contributed by atoms with Crippen molar-refractivity contribution in [3.63, 3.8) is 0 Å². The molecule has 0 aliphatic carbocycles. The summed E-state index contributed by atoms with van der Waals surface area (Å²) >= 11 is 7.11. The molecule has 2 rings (SSSR count). The molecule has 2 aromatic rings. The Morgan fingerprint density at radius 1 is 1.25 bits per heavy atom. The van der Waals surface area contributed by atoms with Gasteiger partial charge in [0.1, 0.15) is 11.5 Å². The van der Waals surface area contributed by atoms with Gasteiger partial charge in [0, 0.05) is 5.56 Å². The van der Waals surface area contributed by atoms with Crippen LogP contribution in [0.2, 0.25) is 4.34 Å². The van der Waals surface area contributed by atoms with Gasteiger partial charge in [-0.25, -0.2) is 0 Å². The second kappa shape index (κ2) is 4.07. The summed E-state index contributed by atoms with van der Waals surface area (Å²) < 4.78 is 6.07. The Labute approximate surface area is 103 Å². The van der Waals surface area contributed by atoms with Crippen LogP contribution in [0.3, 0.4) is 0 Å². The molecule has 0 radical (unpaired) electrons. The number of thiophene rings is 1. The molecule has 0 aliphatic rings. The highest BCUT2D eigenvalue weighted by atomic mass is 35.5. The lowest BCUT2D eigenvalue weighted by atomic mass is 10.1. The van der Waals surface area contributed by atoms with Crippen LogP contribution in [0.15, 0.2) is 16.5 Å². The first-order chi connectivity index (χ1) is 7.50. The van der Waals surface area contributed by atoms with Crippen molar-refractivity contribution in [2.45, 2.75) is 20.8 Å². The van der Waals surface area contributed by atoms with E-state index in [-0.39, 0.29) is 5.78 Å². The minimum Gasteiger partial charge on any atom is -0.466 e. The second-order valence-electron chi connectivity index (χ2n) is 3.65. The Balaban J connectivity index is 2.49. The summed E-state index contributed by atoms with van der Waals surface area (Å²) in [5.41, 5.74) is 1.57.